The topological polar surface area (TPSA) is 114 Å². The number of carbonyl (C=O) groups is 1. The molecule has 8 nitrogen and oxygen atoms in total. The van der Waals surface area contributed by atoms with Crippen molar-refractivity contribution in [1.82, 2.24) is 20.0 Å². The predicted molar refractivity (Wildman–Crippen MR) is 82.4 cm³/mol. The van der Waals surface area contributed by atoms with E-state index in [1.54, 1.807) is 6.92 Å². The number of hydrogen-bond acceptors (Lipinski definition) is 6. The zero-order valence-corrected chi connectivity index (χ0v) is 14.1. The van der Waals surface area contributed by atoms with Gasteiger partial charge in [-0.1, -0.05) is 0 Å². The number of amides is 1. The first-order valence-electron chi connectivity index (χ1n) is 6.87. The summed E-state index contributed by atoms with van der Waals surface area (Å²) in [4.78, 5) is 20.6. The maximum atomic E-state index is 12.1. The normalized spacial score (nSPS) is 11.5. The largest absolute Gasteiger partial charge is 0.438 e. The molecule has 23 heavy (non-hydrogen) atoms. The number of furan rings is 1. The van der Waals surface area contributed by atoms with Crippen LogP contribution < -0.4 is 10.0 Å². The number of rotatable bonds is 5. The van der Waals surface area contributed by atoms with E-state index in [0.29, 0.717) is 5.82 Å². The summed E-state index contributed by atoms with van der Waals surface area (Å²) in [6.07, 6.45) is 0. The number of aryl methyl sites for hydroxylation is 3. The van der Waals surface area contributed by atoms with Crippen molar-refractivity contribution in [3.63, 3.8) is 0 Å². The summed E-state index contributed by atoms with van der Waals surface area (Å²) < 4.78 is 30.4. The third kappa shape index (κ3) is 3.74. The quantitative estimate of drug-likeness (QED) is 0.835. The molecular formula is C14H18N4O4S. The van der Waals surface area contributed by atoms with Crippen molar-refractivity contribution in [1.29, 1.82) is 0 Å². The molecule has 0 aliphatic heterocycles. The summed E-state index contributed by atoms with van der Waals surface area (Å²) in [7, 11) is -2.45. The summed E-state index contributed by atoms with van der Waals surface area (Å²) in [5.41, 5.74) is 2.39. The highest BCUT2D eigenvalue weighted by atomic mass is 32.2. The molecule has 0 unspecified atom stereocenters. The van der Waals surface area contributed by atoms with Crippen LogP contribution in [0.3, 0.4) is 0 Å². The van der Waals surface area contributed by atoms with Gasteiger partial charge in [0, 0.05) is 23.5 Å². The fourth-order valence-electron chi connectivity index (χ4n) is 2.11. The van der Waals surface area contributed by atoms with E-state index in [-0.39, 0.29) is 17.4 Å². The van der Waals surface area contributed by atoms with Crippen molar-refractivity contribution in [2.75, 3.05) is 7.05 Å². The Balaban J connectivity index is 2.12. The van der Waals surface area contributed by atoms with Gasteiger partial charge in [-0.15, -0.1) is 0 Å². The lowest BCUT2D eigenvalue weighted by Gasteiger charge is -2.10. The standard InChI is InChI=1S/C14H18N4O4S/c1-8-11(9(2)18-10(3)17-8)7-16-14(19)12-5-6-13(22-12)23(20,21)15-4/h5-6,15H,7H2,1-4H3,(H,16,19). The molecule has 2 heterocycles. The molecule has 2 rings (SSSR count). The van der Waals surface area contributed by atoms with Crippen LogP contribution >= 0.6 is 0 Å². The second-order valence-corrected chi connectivity index (χ2v) is 6.75. The van der Waals surface area contributed by atoms with Crippen molar-refractivity contribution >= 4 is 15.9 Å². The van der Waals surface area contributed by atoms with Gasteiger partial charge in [-0.3, -0.25) is 4.79 Å². The van der Waals surface area contributed by atoms with Crippen LogP contribution in [0.25, 0.3) is 0 Å². The molecule has 0 saturated carbocycles. The van der Waals surface area contributed by atoms with Gasteiger partial charge in [-0.2, -0.15) is 0 Å². The second kappa shape index (κ2) is 6.47. The van der Waals surface area contributed by atoms with E-state index in [2.05, 4.69) is 20.0 Å². The summed E-state index contributed by atoms with van der Waals surface area (Å²) in [6.45, 7) is 5.71. The van der Waals surface area contributed by atoms with E-state index < -0.39 is 15.9 Å². The van der Waals surface area contributed by atoms with Gasteiger partial charge >= 0.3 is 0 Å². The van der Waals surface area contributed by atoms with Crippen molar-refractivity contribution in [3.8, 4) is 0 Å². The van der Waals surface area contributed by atoms with Gasteiger partial charge in [-0.25, -0.2) is 23.1 Å². The molecule has 0 aliphatic carbocycles. The first kappa shape index (κ1) is 17.1. The van der Waals surface area contributed by atoms with Crippen molar-refractivity contribution < 1.29 is 17.6 Å². The van der Waals surface area contributed by atoms with Crippen LogP contribution in [0.2, 0.25) is 0 Å². The highest BCUT2D eigenvalue weighted by Gasteiger charge is 2.19. The van der Waals surface area contributed by atoms with Crippen LogP contribution in [0.5, 0.6) is 0 Å². The maximum absolute atomic E-state index is 12.1. The Morgan fingerprint density at radius 2 is 1.78 bits per heavy atom. The SMILES string of the molecule is CNS(=O)(=O)c1ccc(C(=O)NCc2c(C)nc(C)nc2C)o1. The molecule has 0 fully saturated rings. The Morgan fingerprint density at radius 3 is 2.35 bits per heavy atom. The molecule has 0 saturated heterocycles. The van der Waals surface area contributed by atoms with Crippen molar-refractivity contribution in [3.05, 3.63) is 40.7 Å². The van der Waals surface area contributed by atoms with Crippen molar-refractivity contribution in [2.45, 2.75) is 32.4 Å². The van der Waals surface area contributed by atoms with Crippen LogP contribution in [0, 0.1) is 20.8 Å². The van der Waals surface area contributed by atoms with Gasteiger partial charge in [-0.05, 0) is 40.0 Å². The maximum Gasteiger partial charge on any atom is 0.287 e. The van der Waals surface area contributed by atoms with E-state index in [4.69, 9.17) is 4.42 Å². The molecule has 2 N–H and O–H groups in total. The molecule has 9 heteroatoms. The number of aromatic nitrogens is 2. The summed E-state index contributed by atoms with van der Waals surface area (Å²) >= 11 is 0. The van der Waals surface area contributed by atoms with E-state index >= 15 is 0 Å². The highest BCUT2D eigenvalue weighted by Crippen LogP contribution is 2.14. The van der Waals surface area contributed by atoms with Gasteiger partial charge in [0.25, 0.3) is 15.9 Å². The van der Waals surface area contributed by atoms with Gasteiger partial charge in [0.05, 0.1) is 0 Å². The molecule has 1 amide bonds. The first-order chi connectivity index (χ1) is 10.7. The van der Waals surface area contributed by atoms with Crippen LogP contribution in [-0.2, 0) is 16.6 Å². The molecule has 0 bridgehead atoms. The van der Waals surface area contributed by atoms with Crippen molar-refractivity contribution in [2.24, 2.45) is 0 Å². The molecule has 0 aliphatic rings. The van der Waals surface area contributed by atoms with Gasteiger partial charge in [0.1, 0.15) is 5.82 Å². The molecule has 2 aromatic rings. The number of hydrogen-bond donors (Lipinski definition) is 2. The minimum absolute atomic E-state index is 0.0813. The summed E-state index contributed by atoms with van der Waals surface area (Å²) in [6, 6.07) is 2.54. The molecular weight excluding hydrogens is 320 g/mol. The average molecular weight is 338 g/mol. The molecule has 0 radical (unpaired) electrons. The minimum Gasteiger partial charge on any atom is -0.438 e. The Kier molecular flexibility index (Phi) is 4.81. The molecule has 0 atom stereocenters. The third-order valence-electron chi connectivity index (χ3n) is 3.30. The fourth-order valence-corrected chi connectivity index (χ4v) is 2.75. The highest BCUT2D eigenvalue weighted by molar-refractivity contribution is 7.89. The van der Waals surface area contributed by atoms with E-state index in [0.717, 1.165) is 17.0 Å². The second-order valence-electron chi connectivity index (χ2n) is 4.93. The third-order valence-corrected chi connectivity index (χ3v) is 4.58. The van der Waals surface area contributed by atoms with Gasteiger partial charge < -0.3 is 9.73 Å². The van der Waals surface area contributed by atoms with E-state index in [9.17, 15) is 13.2 Å². The minimum atomic E-state index is -3.71. The molecule has 124 valence electrons. The van der Waals surface area contributed by atoms with Crippen LogP contribution in [0.1, 0.15) is 33.3 Å². The lowest BCUT2D eigenvalue weighted by atomic mass is 10.1. The zero-order chi connectivity index (χ0) is 17.2. The molecule has 0 aromatic carbocycles. The average Bonchev–Trinajstić information content (AvgIpc) is 2.96. The Bertz CT molecular complexity index is 819. The molecule has 2 aromatic heterocycles. The Labute approximate surface area is 134 Å². The number of carbonyl (C=O) groups excluding carboxylic acids is 1. The Hall–Kier alpha value is -2.26. The number of sulfonamides is 1. The number of nitrogens with one attached hydrogen (secondary N) is 2. The van der Waals surface area contributed by atoms with Crippen LogP contribution in [0.15, 0.2) is 21.6 Å². The fraction of sp³-hybridized carbons (Fsp3) is 0.357. The summed E-state index contributed by atoms with van der Waals surface area (Å²) in [5, 5.41) is 2.36. The zero-order valence-electron chi connectivity index (χ0n) is 13.3. The lowest BCUT2D eigenvalue weighted by Crippen LogP contribution is -2.24. The Morgan fingerprint density at radius 1 is 1.17 bits per heavy atom. The van der Waals surface area contributed by atoms with Crippen LogP contribution in [-0.4, -0.2) is 31.3 Å². The van der Waals surface area contributed by atoms with E-state index in [1.807, 2.05) is 13.8 Å². The van der Waals surface area contributed by atoms with E-state index in [1.165, 1.54) is 19.2 Å². The van der Waals surface area contributed by atoms with Gasteiger partial charge in [0.2, 0.25) is 5.09 Å². The van der Waals surface area contributed by atoms with Crippen LogP contribution in [0.4, 0.5) is 0 Å². The lowest BCUT2D eigenvalue weighted by molar-refractivity contribution is 0.0917. The predicted octanol–water partition coefficient (Wildman–Crippen LogP) is 0.833. The summed E-state index contributed by atoms with van der Waals surface area (Å²) in [5.74, 6) is 0.0760. The smallest absolute Gasteiger partial charge is 0.287 e. The van der Waals surface area contributed by atoms with Gasteiger partial charge in [0.15, 0.2) is 5.76 Å². The monoisotopic (exact) mass is 338 g/mol. The first-order valence-corrected chi connectivity index (χ1v) is 8.35. The molecule has 0 spiro atoms. The number of nitrogens with zero attached hydrogens (tertiary/aromatic N) is 2.